The normalized spacial score (nSPS) is 19.5. The molecule has 0 spiro atoms. The highest BCUT2D eigenvalue weighted by atomic mass is 35.5. The van der Waals surface area contributed by atoms with Crippen LogP contribution in [0.1, 0.15) is 23.6 Å². The van der Waals surface area contributed by atoms with Gasteiger partial charge < -0.3 is 4.74 Å². The molecule has 0 radical (unpaired) electrons. The van der Waals surface area contributed by atoms with Gasteiger partial charge in [-0.3, -0.25) is 10.5 Å². The molecule has 0 amide bonds. The van der Waals surface area contributed by atoms with Gasteiger partial charge in [0.05, 0.1) is 11.1 Å². The van der Waals surface area contributed by atoms with Gasteiger partial charge >= 0.3 is 6.18 Å². The summed E-state index contributed by atoms with van der Waals surface area (Å²) in [6.07, 6.45) is -4.58. The van der Waals surface area contributed by atoms with Crippen LogP contribution in [0.2, 0.25) is 5.02 Å². The number of ether oxygens (including phenoxy) is 1. The predicted octanol–water partition coefficient (Wildman–Crippen LogP) is 5.79. The number of benzene rings is 3. The van der Waals surface area contributed by atoms with E-state index in [2.05, 4.69) is 0 Å². The molecule has 3 aromatic carbocycles. The van der Waals surface area contributed by atoms with Crippen LogP contribution < -0.4 is 5.73 Å². The maximum atomic E-state index is 14.6. The van der Waals surface area contributed by atoms with E-state index in [1.807, 2.05) is 0 Å². The highest BCUT2D eigenvalue weighted by molar-refractivity contribution is 6.32. The summed E-state index contributed by atoms with van der Waals surface area (Å²) in [5.74, 6) is -1.39. The van der Waals surface area contributed by atoms with Gasteiger partial charge in [0.2, 0.25) is 11.5 Å². The maximum Gasteiger partial charge on any atom is 0.416 e. The van der Waals surface area contributed by atoms with Crippen LogP contribution in [0.25, 0.3) is 16.3 Å². The first-order valence-electron chi connectivity index (χ1n) is 8.82. The zero-order valence-corrected chi connectivity index (χ0v) is 16.2. The van der Waals surface area contributed by atoms with Gasteiger partial charge in [0, 0.05) is 16.0 Å². The highest BCUT2D eigenvalue weighted by Crippen LogP contribution is 2.43. The van der Waals surface area contributed by atoms with Crippen molar-refractivity contribution in [3.8, 4) is 0 Å². The number of carbonyl (C=O) groups excluding carboxylic acids is 1. The number of allylic oxidation sites excluding steroid dienone is 1. The Hall–Kier alpha value is -2.90. The maximum absolute atomic E-state index is 14.6. The van der Waals surface area contributed by atoms with Gasteiger partial charge in [0.25, 0.3) is 0 Å². The van der Waals surface area contributed by atoms with Gasteiger partial charge in [-0.2, -0.15) is 13.2 Å². The van der Waals surface area contributed by atoms with Gasteiger partial charge in [-0.25, -0.2) is 4.39 Å². The minimum absolute atomic E-state index is 0.00516. The van der Waals surface area contributed by atoms with Gasteiger partial charge in [-0.05, 0) is 48.2 Å². The minimum atomic E-state index is -4.58. The lowest BCUT2D eigenvalue weighted by Crippen LogP contribution is -2.44. The summed E-state index contributed by atoms with van der Waals surface area (Å²) in [6.45, 7) is 1.42. The summed E-state index contributed by atoms with van der Waals surface area (Å²) < 4.78 is 59.6. The number of carbonyl (C=O) groups is 1. The van der Waals surface area contributed by atoms with Crippen molar-refractivity contribution in [2.75, 3.05) is 0 Å². The number of rotatable bonds is 2. The molecule has 1 unspecified atom stereocenters. The molecule has 1 aliphatic heterocycles. The molecular weight excluding hydrogens is 422 g/mol. The molecule has 0 aromatic heterocycles. The SMILES string of the molecule is CC1=C(c2cccc(C(F)(F)F)c2)C(=O)C(N)(c2cc(Cl)cc3cccc(F)c23)O1. The van der Waals surface area contributed by atoms with E-state index in [4.69, 9.17) is 22.1 Å². The topological polar surface area (TPSA) is 52.3 Å². The molecule has 30 heavy (non-hydrogen) atoms. The first-order chi connectivity index (χ1) is 14.0. The Morgan fingerprint density at radius 3 is 2.47 bits per heavy atom. The molecule has 0 saturated carbocycles. The van der Waals surface area contributed by atoms with E-state index in [1.54, 1.807) is 6.07 Å². The van der Waals surface area contributed by atoms with Crippen LogP contribution >= 0.6 is 11.6 Å². The van der Waals surface area contributed by atoms with Crippen molar-refractivity contribution in [3.63, 3.8) is 0 Å². The predicted molar refractivity (Wildman–Crippen MR) is 105 cm³/mol. The molecule has 1 aliphatic rings. The van der Waals surface area contributed by atoms with Crippen molar-refractivity contribution in [2.45, 2.75) is 18.8 Å². The fraction of sp³-hybridized carbons (Fsp3) is 0.136. The fourth-order valence-electron chi connectivity index (χ4n) is 3.69. The van der Waals surface area contributed by atoms with Crippen LogP contribution in [0.5, 0.6) is 0 Å². The lowest BCUT2D eigenvalue weighted by atomic mass is 9.88. The second-order valence-corrected chi connectivity index (χ2v) is 7.40. The van der Waals surface area contributed by atoms with Gasteiger partial charge in [-0.1, -0.05) is 35.9 Å². The van der Waals surface area contributed by atoms with Crippen molar-refractivity contribution in [3.05, 3.63) is 87.9 Å². The summed E-state index contributed by atoms with van der Waals surface area (Å²) in [7, 11) is 0. The number of hydrogen-bond acceptors (Lipinski definition) is 3. The van der Waals surface area contributed by atoms with Crippen LogP contribution in [0.4, 0.5) is 17.6 Å². The Morgan fingerprint density at radius 1 is 1.07 bits per heavy atom. The van der Waals surface area contributed by atoms with Gasteiger partial charge in [0.1, 0.15) is 11.6 Å². The molecule has 8 heteroatoms. The van der Waals surface area contributed by atoms with E-state index in [0.717, 1.165) is 12.1 Å². The Balaban J connectivity index is 1.88. The first-order valence-corrected chi connectivity index (χ1v) is 9.19. The second kappa shape index (κ2) is 6.82. The molecule has 154 valence electrons. The quantitative estimate of drug-likeness (QED) is 0.518. The molecule has 0 saturated heterocycles. The van der Waals surface area contributed by atoms with E-state index in [-0.39, 0.29) is 32.9 Å². The third kappa shape index (κ3) is 3.14. The second-order valence-electron chi connectivity index (χ2n) is 6.97. The van der Waals surface area contributed by atoms with Crippen LogP contribution in [-0.2, 0) is 21.4 Å². The summed E-state index contributed by atoms with van der Waals surface area (Å²) >= 11 is 6.14. The van der Waals surface area contributed by atoms with Crippen LogP contribution in [-0.4, -0.2) is 5.78 Å². The van der Waals surface area contributed by atoms with Crippen molar-refractivity contribution >= 4 is 33.7 Å². The number of nitrogens with two attached hydrogens (primary N) is 1. The first kappa shape index (κ1) is 20.4. The van der Waals surface area contributed by atoms with Crippen molar-refractivity contribution in [2.24, 2.45) is 5.73 Å². The highest BCUT2D eigenvalue weighted by Gasteiger charge is 2.48. The van der Waals surface area contributed by atoms with Gasteiger partial charge in [-0.15, -0.1) is 0 Å². The number of Topliss-reactive ketones (excluding diaryl/α,β-unsaturated/α-hetero) is 1. The average molecular weight is 436 g/mol. The Kier molecular flexibility index (Phi) is 4.63. The summed E-state index contributed by atoms with van der Waals surface area (Å²) in [6, 6.07) is 11.4. The molecule has 1 atom stereocenters. The Bertz CT molecular complexity index is 1240. The van der Waals surface area contributed by atoms with Crippen molar-refractivity contribution in [1.29, 1.82) is 0 Å². The molecule has 3 aromatic rings. The van der Waals surface area contributed by atoms with Crippen LogP contribution in [0.15, 0.2) is 60.4 Å². The summed E-state index contributed by atoms with van der Waals surface area (Å²) in [5, 5.41) is 0.661. The smallest absolute Gasteiger partial charge is 0.416 e. The van der Waals surface area contributed by atoms with Gasteiger partial charge in [0.15, 0.2) is 0 Å². The monoisotopic (exact) mass is 435 g/mol. The molecule has 0 bridgehead atoms. The molecule has 2 N–H and O–H groups in total. The van der Waals surface area contributed by atoms with E-state index in [1.165, 1.54) is 43.3 Å². The Labute approximate surface area is 173 Å². The van der Waals surface area contributed by atoms with E-state index in [9.17, 15) is 22.4 Å². The average Bonchev–Trinajstić information content (AvgIpc) is 2.90. The van der Waals surface area contributed by atoms with E-state index in [0.29, 0.717) is 5.39 Å². The third-order valence-corrected chi connectivity index (χ3v) is 5.22. The lowest BCUT2D eigenvalue weighted by Gasteiger charge is -2.25. The largest absolute Gasteiger partial charge is 0.465 e. The third-order valence-electron chi connectivity index (χ3n) is 5.00. The number of fused-ring (bicyclic) bond motifs is 1. The van der Waals surface area contributed by atoms with Crippen LogP contribution in [0.3, 0.4) is 0 Å². The number of alkyl halides is 3. The fourth-order valence-corrected chi connectivity index (χ4v) is 3.91. The van der Waals surface area contributed by atoms with E-state index >= 15 is 0 Å². The molecular formula is C22H14ClF4NO2. The molecule has 0 aliphatic carbocycles. The van der Waals surface area contributed by atoms with Crippen LogP contribution in [0, 0.1) is 5.82 Å². The number of hydrogen-bond donors (Lipinski definition) is 1. The summed E-state index contributed by atoms with van der Waals surface area (Å²) in [5.41, 5.74) is 3.15. The zero-order valence-electron chi connectivity index (χ0n) is 15.5. The molecule has 0 fully saturated rings. The molecule has 4 rings (SSSR count). The lowest BCUT2D eigenvalue weighted by molar-refractivity contribution is -0.137. The standard InChI is InChI=1S/C22H14ClF4NO2/c1-11-18(12-4-2-6-14(8-12)22(25,26)27)20(29)21(28,30-11)16-10-15(23)9-13-5-3-7-17(24)19(13)16/h2-10H,28H2,1H3. The minimum Gasteiger partial charge on any atom is -0.465 e. The van der Waals surface area contributed by atoms with E-state index < -0.39 is 29.1 Å². The molecule has 1 heterocycles. The number of halogens is 5. The molecule has 3 nitrogen and oxygen atoms in total. The Morgan fingerprint density at radius 2 is 1.77 bits per heavy atom. The summed E-state index contributed by atoms with van der Waals surface area (Å²) in [4.78, 5) is 13.3. The van der Waals surface area contributed by atoms with Crippen molar-refractivity contribution < 1.29 is 27.1 Å². The van der Waals surface area contributed by atoms with Crippen molar-refractivity contribution in [1.82, 2.24) is 0 Å². The number of ketones is 1. The zero-order chi connectivity index (χ0) is 21.8.